The average Bonchev–Trinajstić information content (AvgIpc) is 3.33. The number of nitrogens with zero attached hydrogens (tertiary/aromatic N) is 4. The largest absolute Gasteiger partial charge is 0.324 e. The molecule has 0 bridgehead atoms. The van der Waals surface area contributed by atoms with Crippen LogP contribution in [0.2, 0.25) is 0 Å². The fourth-order valence-corrected chi connectivity index (χ4v) is 3.54. The van der Waals surface area contributed by atoms with Gasteiger partial charge in [0.25, 0.3) is 0 Å². The van der Waals surface area contributed by atoms with Gasteiger partial charge in [-0.1, -0.05) is 12.1 Å². The minimum absolute atomic E-state index is 0.0596. The lowest BCUT2D eigenvalue weighted by Gasteiger charge is -2.18. The SMILES string of the molecule is O=C(Nc1ccc(-n2ccnc2)nc1)C1CC(=O)N(c2ccccc2Br)C1. The standard InChI is InChI=1S/C19H16BrN5O2/c20-15-3-1-2-4-16(15)25-11-13(9-18(25)26)19(27)23-14-5-6-17(22-10-14)24-8-7-21-12-24/h1-8,10,12-13H,9,11H2,(H,23,27). The third-order valence-electron chi connectivity index (χ3n) is 4.42. The number of imidazole rings is 1. The summed E-state index contributed by atoms with van der Waals surface area (Å²) >= 11 is 3.46. The van der Waals surface area contributed by atoms with Crippen molar-refractivity contribution in [3.05, 3.63) is 65.8 Å². The van der Waals surface area contributed by atoms with Gasteiger partial charge >= 0.3 is 0 Å². The Labute approximate surface area is 164 Å². The summed E-state index contributed by atoms with van der Waals surface area (Å²) in [6.07, 6.45) is 6.90. The van der Waals surface area contributed by atoms with Crippen molar-refractivity contribution in [1.82, 2.24) is 14.5 Å². The lowest BCUT2D eigenvalue weighted by atomic mass is 10.1. The Bertz CT molecular complexity index is 972. The maximum Gasteiger partial charge on any atom is 0.229 e. The van der Waals surface area contributed by atoms with Crippen LogP contribution in [0.4, 0.5) is 11.4 Å². The van der Waals surface area contributed by atoms with Crippen molar-refractivity contribution in [3.63, 3.8) is 0 Å². The molecule has 7 nitrogen and oxygen atoms in total. The Balaban J connectivity index is 1.43. The van der Waals surface area contributed by atoms with Crippen LogP contribution in [-0.4, -0.2) is 32.9 Å². The van der Waals surface area contributed by atoms with Gasteiger partial charge < -0.3 is 10.2 Å². The van der Waals surface area contributed by atoms with E-state index in [2.05, 4.69) is 31.2 Å². The minimum atomic E-state index is -0.405. The van der Waals surface area contributed by atoms with Crippen molar-refractivity contribution in [2.24, 2.45) is 5.92 Å². The molecule has 4 rings (SSSR count). The van der Waals surface area contributed by atoms with E-state index >= 15 is 0 Å². The van der Waals surface area contributed by atoms with E-state index in [1.165, 1.54) is 0 Å². The van der Waals surface area contributed by atoms with Crippen LogP contribution in [0.1, 0.15) is 6.42 Å². The quantitative estimate of drug-likeness (QED) is 0.696. The van der Waals surface area contributed by atoms with Crippen LogP contribution in [0.3, 0.4) is 0 Å². The number of para-hydroxylation sites is 1. The van der Waals surface area contributed by atoms with E-state index in [4.69, 9.17) is 0 Å². The van der Waals surface area contributed by atoms with Crippen LogP contribution in [0, 0.1) is 5.92 Å². The molecular formula is C19H16BrN5O2. The monoisotopic (exact) mass is 425 g/mol. The Morgan fingerprint density at radius 1 is 1.22 bits per heavy atom. The zero-order valence-corrected chi connectivity index (χ0v) is 15.8. The molecule has 1 unspecified atom stereocenters. The molecule has 0 saturated carbocycles. The number of hydrogen-bond donors (Lipinski definition) is 1. The summed E-state index contributed by atoms with van der Waals surface area (Å²) in [5.74, 6) is 0.0605. The highest BCUT2D eigenvalue weighted by molar-refractivity contribution is 9.10. The predicted molar refractivity (Wildman–Crippen MR) is 105 cm³/mol. The highest BCUT2D eigenvalue weighted by Crippen LogP contribution is 2.31. The van der Waals surface area contributed by atoms with E-state index in [0.29, 0.717) is 18.1 Å². The third-order valence-corrected chi connectivity index (χ3v) is 5.09. The summed E-state index contributed by atoms with van der Waals surface area (Å²) < 4.78 is 2.61. The van der Waals surface area contributed by atoms with Crippen molar-refractivity contribution < 1.29 is 9.59 Å². The number of amides is 2. The third kappa shape index (κ3) is 3.61. The lowest BCUT2D eigenvalue weighted by Crippen LogP contribution is -2.28. The molecular weight excluding hydrogens is 410 g/mol. The molecule has 0 spiro atoms. The first-order chi connectivity index (χ1) is 13.1. The average molecular weight is 426 g/mol. The first kappa shape index (κ1) is 17.4. The summed E-state index contributed by atoms with van der Waals surface area (Å²) in [5, 5.41) is 2.85. The minimum Gasteiger partial charge on any atom is -0.324 e. The van der Waals surface area contributed by atoms with Gasteiger partial charge in [0.2, 0.25) is 11.8 Å². The Morgan fingerprint density at radius 2 is 2.07 bits per heavy atom. The van der Waals surface area contributed by atoms with E-state index in [1.54, 1.807) is 46.5 Å². The van der Waals surface area contributed by atoms with Crippen molar-refractivity contribution in [2.75, 3.05) is 16.8 Å². The molecule has 1 fully saturated rings. The van der Waals surface area contributed by atoms with Gasteiger partial charge in [0.05, 0.1) is 23.5 Å². The summed E-state index contributed by atoms with van der Waals surface area (Å²) in [7, 11) is 0. The maximum atomic E-state index is 12.6. The van der Waals surface area contributed by atoms with Crippen molar-refractivity contribution >= 4 is 39.1 Å². The van der Waals surface area contributed by atoms with Gasteiger partial charge in [0.15, 0.2) is 0 Å². The van der Waals surface area contributed by atoms with E-state index in [-0.39, 0.29) is 18.2 Å². The number of nitrogens with one attached hydrogen (secondary N) is 1. The second-order valence-electron chi connectivity index (χ2n) is 6.22. The maximum absolute atomic E-state index is 12.6. The zero-order chi connectivity index (χ0) is 18.8. The number of hydrogen-bond acceptors (Lipinski definition) is 4. The van der Waals surface area contributed by atoms with Crippen LogP contribution >= 0.6 is 15.9 Å². The predicted octanol–water partition coefficient (Wildman–Crippen LogP) is 3.02. The fourth-order valence-electron chi connectivity index (χ4n) is 3.04. The number of pyridine rings is 1. The molecule has 3 aromatic rings. The number of anilines is 2. The molecule has 3 heterocycles. The van der Waals surface area contributed by atoms with E-state index in [0.717, 1.165) is 10.2 Å². The number of aromatic nitrogens is 3. The van der Waals surface area contributed by atoms with Crippen LogP contribution in [0.5, 0.6) is 0 Å². The summed E-state index contributed by atoms with van der Waals surface area (Å²) in [5.41, 5.74) is 1.37. The summed E-state index contributed by atoms with van der Waals surface area (Å²) in [6, 6.07) is 11.1. The highest BCUT2D eigenvalue weighted by atomic mass is 79.9. The zero-order valence-electron chi connectivity index (χ0n) is 14.2. The van der Waals surface area contributed by atoms with Gasteiger partial charge in [0, 0.05) is 29.8 Å². The van der Waals surface area contributed by atoms with Crippen LogP contribution in [0.25, 0.3) is 5.82 Å². The molecule has 1 N–H and O–H groups in total. The van der Waals surface area contributed by atoms with Gasteiger partial charge in [0.1, 0.15) is 12.1 Å². The highest BCUT2D eigenvalue weighted by Gasteiger charge is 2.35. The molecule has 2 amide bonds. The molecule has 2 aromatic heterocycles. The number of halogens is 1. The summed E-state index contributed by atoms with van der Waals surface area (Å²) in [4.78, 5) is 34.9. The van der Waals surface area contributed by atoms with Gasteiger partial charge in [-0.15, -0.1) is 0 Å². The lowest BCUT2D eigenvalue weighted by molar-refractivity contribution is -0.122. The summed E-state index contributed by atoms with van der Waals surface area (Å²) in [6.45, 7) is 0.355. The number of carbonyl (C=O) groups is 2. The van der Waals surface area contributed by atoms with Crippen molar-refractivity contribution in [2.45, 2.75) is 6.42 Å². The smallest absolute Gasteiger partial charge is 0.229 e. The molecule has 1 saturated heterocycles. The molecule has 8 heteroatoms. The van der Waals surface area contributed by atoms with Crippen LogP contribution < -0.4 is 10.2 Å². The van der Waals surface area contributed by atoms with Crippen molar-refractivity contribution in [1.29, 1.82) is 0 Å². The van der Waals surface area contributed by atoms with Gasteiger partial charge in [-0.3, -0.25) is 14.2 Å². The molecule has 0 aliphatic carbocycles. The molecule has 0 radical (unpaired) electrons. The molecule has 1 aliphatic rings. The van der Waals surface area contributed by atoms with Gasteiger partial charge in [-0.2, -0.15) is 0 Å². The topological polar surface area (TPSA) is 80.1 Å². The van der Waals surface area contributed by atoms with Crippen LogP contribution in [-0.2, 0) is 9.59 Å². The molecule has 1 atom stereocenters. The number of rotatable bonds is 4. The second kappa shape index (κ2) is 7.32. The van der Waals surface area contributed by atoms with E-state index < -0.39 is 5.92 Å². The van der Waals surface area contributed by atoms with E-state index in [9.17, 15) is 9.59 Å². The normalized spacial score (nSPS) is 16.6. The second-order valence-corrected chi connectivity index (χ2v) is 7.08. The Hall–Kier alpha value is -3.00. The number of benzene rings is 1. The first-order valence-electron chi connectivity index (χ1n) is 8.42. The van der Waals surface area contributed by atoms with Crippen molar-refractivity contribution in [3.8, 4) is 5.82 Å². The molecule has 1 aliphatic heterocycles. The first-order valence-corrected chi connectivity index (χ1v) is 9.21. The molecule has 1 aromatic carbocycles. The van der Waals surface area contributed by atoms with Crippen LogP contribution in [0.15, 0.2) is 65.8 Å². The molecule has 27 heavy (non-hydrogen) atoms. The van der Waals surface area contributed by atoms with Gasteiger partial charge in [-0.25, -0.2) is 9.97 Å². The van der Waals surface area contributed by atoms with Gasteiger partial charge in [-0.05, 0) is 40.2 Å². The fraction of sp³-hybridized carbons (Fsp3) is 0.158. The molecule has 136 valence electrons. The Morgan fingerprint density at radius 3 is 2.78 bits per heavy atom. The van der Waals surface area contributed by atoms with E-state index in [1.807, 2.05) is 24.3 Å². The number of carbonyl (C=O) groups excluding carboxylic acids is 2. The Kier molecular flexibility index (Phi) is 4.72.